The Balaban J connectivity index is 2.86. The summed E-state index contributed by atoms with van der Waals surface area (Å²) in [4.78, 5) is 11.4. The van der Waals surface area contributed by atoms with Gasteiger partial charge in [-0.05, 0) is 19.1 Å². The van der Waals surface area contributed by atoms with Gasteiger partial charge in [0.1, 0.15) is 0 Å². The van der Waals surface area contributed by atoms with Gasteiger partial charge in [-0.1, -0.05) is 24.3 Å². The lowest BCUT2D eigenvalue weighted by Gasteiger charge is -2.09. The van der Waals surface area contributed by atoms with Crippen LogP contribution in [0.5, 0.6) is 0 Å². The van der Waals surface area contributed by atoms with E-state index in [4.69, 9.17) is 0 Å². The number of benzene rings is 1. The summed E-state index contributed by atoms with van der Waals surface area (Å²) in [5.74, 6) is -0.334. The number of ether oxygens (including phenoxy) is 1. The maximum atomic E-state index is 11.4. The summed E-state index contributed by atoms with van der Waals surface area (Å²) in [6.07, 6.45) is 0. The maximum absolute atomic E-state index is 11.4. The van der Waals surface area contributed by atoms with E-state index in [1.54, 1.807) is 12.1 Å². The topological polar surface area (TPSA) is 38.3 Å². The molecule has 80 valence electrons. The molecule has 3 nitrogen and oxygen atoms in total. The van der Waals surface area contributed by atoms with E-state index < -0.39 is 0 Å². The summed E-state index contributed by atoms with van der Waals surface area (Å²) < 4.78 is 4.68. The molecule has 1 rings (SSSR count). The van der Waals surface area contributed by atoms with E-state index in [9.17, 15) is 4.79 Å². The van der Waals surface area contributed by atoms with Crippen LogP contribution in [0.4, 0.5) is 5.69 Å². The van der Waals surface area contributed by atoms with Gasteiger partial charge in [-0.3, -0.25) is 0 Å². The second kappa shape index (κ2) is 5.20. The van der Waals surface area contributed by atoms with Crippen molar-refractivity contribution in [2.75, 3.05) is 19.0 Å². The SMILES string of the molecule is C=C(C)CNc1ccccc1C(=O)OC. The number of hydrogen-bond donors (Lipinski definition) is 1. The molecule has 0 bridgehead atoms. The number of nitrogens with one attached hydrogen (secondary N) is 1. The molecule has 0 aromatic heterocycles. The van der Waals surface area contributed by atoms with Crippen molar-refractivity contribution in [1.29, 1.82) is 0 Å². The Morgan fingerprint density at radius 3 is 2.73 bits per heavy atom. The normalized spacial score (nSPS) is 9.47. The number of esters is 1. The molecule has 1 aromatic carbocycles. The van der Waals surface area contributed by atoms with Gasteiger partial charge in [0.15, 0.2) is 0 Å². The predicted molar refractivity (Wildman–Crippen MR) is 61.1 cm³/mol. The van der Waals surface area contributed by atoms with Gasteiger partial charge in [-0.25, -0.2) is 4.79 Å². The molecule has 0 amide bonds. The zero-order valence-corrected chi connectivity index (χ0v) is 9.04. The van der Waals surface area contributed by atoms with Crippen molar-refractivity contribution in [1.82, 2.24) is 0 Å². The first kappa shape index (κ1) is 11.3. The zero-order chi connectivity index (χ0) is 11.3. The third kappa shape index (κ3) is 3.13. The molecule has 0 unspecified atom stereocenters. The Morgan fingerprint density at radius 2 is 2.13 bits per heavy atom. The lowest BCUT2D eigenvalue weighted by Crippen LogP contribution is -2.09. The Hall–Kier alpha value is -1.77. The average molecular weight is 205 g/mol. The lowest BCUT2D eigenvalue weighted by atomic mass is 10.1. The highest BCUT2D eigenvalue weighted by atomic mass is 16.5. The van der Waals surface area contributed by atoms with Crippen LogP contribution in [0.1, 0.15) is 17.3 Å². The quantitative estimate of drug-likeness (QED) is 0.606. The first-order chi connectivity index (χ1) is 7.15. The molecule has 0 aliphatic heterocycles. The molecular formula is C12H15NO2. The molecule has 0 heterocycles. The fraction of sp³-hybridized carbons (Fsp3) is 0.250. The van der Waals surface area contributed by atoms with E-state index in [1.165, 1.54) is 7.11 Å². The van der Waals surface area contributed by atoms with Gasteiger partial charge in [0, 0.05) is 12.2 Å². The summed E-state index contributed by atoms with van der Waals surface area (Å²) in [5, 5.41) is 3.13. The van der Waals surface area contributed by atoms with Gasteiger partial charge in [0.25, 0.3) is 0 Å². The molecule has 0 saturated carbocycles. The lowest BCUT2D eigenvalue weighted by molar-refractivity contribution is 0.0602. The Bertz CT molecular complexity index is 372. The van der Waals surface area contributed by atoms with Crippen molar-refractivity contribution < 1.29 is 9.53 Å². The highest BCUT2D eigenvalue weighted by Crippen LogP contribution is 2.15. The summed E-state index contributed by atoms with van der Waals surface area (Å²) in [6.45, 7) is 6.36. The van der Waals surface area contributed by atoms with Gasteiger partial charge in [-0.15, -0.1) is 0 Å². The van der Waals surface area contributed by atoms with Crippen LogP contribution in [-0.4, -0.2) is 19.6 Å². The van der Waals surface area contributed by atoms with E-state index in [0.717, 1.165) is 11.3 Å². The van der Waals surface area contributed by atoms with E-state index in [2.05, 4.69) is 16.6 Å². The molecule has 0 aliphatic carbocycles. The molecule has 3 heteroatoms. The minimum atomic E-state index is -0.334. The Labute approximate surface area is 89.8 Å². The second-order valence-electron chi connectivity index (χ2n) is 3.35. The fourth-order valence-corrected chi connectivity index (χ4v) is 1.17. The molecule has 0 spiro atoms. The highest BCUT2D eigenvalue weighted by Gasteiger charge is 2.09. The molecule has 0 radical (unpaired) electrons. The predicted octanol–water partition coefficient (Wildman–Crippen LogP) is 2.46. The number of para-hydroxylation sites is 1. The van der Waals surface area contributed by atoms with Crippen molar-refractivity contribution in [3.63, 3.8) is 0 Å². The van der Waals surface area contributed by atoms with Crippen molar-refractivity contribution in [3.05, 3.63) is 42.0 Å². The van der Waals surface area contributed by atoms with Crippen LogP contribution in [0.25, 0.3) is 0 Å². The van der Waals surface area contributed by atoms with Crippen molar-refractivity contribution in [2.24, 2.45) is 0 Å². The van der Waals surface area contributed by atoms with Crippen LogP contribution in [0.15, 0.2) is 36.4 Å². The number of anilines is 1. The van der Waals surface area contributed by atoms with Crippen LogP contribution in [0.2, 0.25) is 0 Å². The van der Waals surface area contributed by atoms with Gasteiger partial charge in [-0.2, -0.15) is 0 Å². The van der Waals surface area contributed by atoms with Gasteiger partial charge in [0.05, 0.1) is 12.7 Å². The summed E-state index contributed by atoms with van der Waals surface area (Å²) in [5.41, 5.74) is 2.32. The monoisotopic (exact) mass is 205 g/mol. The molecule has 1 aromatic rings. The van der Waals surface area contributed by atoms with E-state index in [1.807, 2.05) is 19.1 Å². The van der Waals surface area contributed by atoms with Gasteiger partial charge >= 0.3 is 5.97 Å². The smallest absolute Gasteiger partial charge is 0.339 e. The first-order valence-electron chi connectivity index (χ1n) is 4.70. The van der Waals surface area contributed by atoms with Crippen LogP contribution in [0.3, 0.4) is 0 Å². The molecular weight excluding hydrogens is 190 g/mol. The highest BCUT2D eigenvalue weighted by molar-refractivity contribution is 5.95. The minimum Gasteiger partial charge on any atom is -0.465 e. The largest absolute Gasteiger partial charge is 0.465 e. The Morgan fingerprint density at radius 1 is 1.47 bits per heavy atom. The van der Waals surface area contributed by atoms with Crippen molar-refractivity contribution in [2.45, 2.75) is 6.92 Å². The van der Waals surface area contributed by atoms with Crippen molar-refractivity contribution >= 4 is 11.7 Å². The standard InChI is InChI=1S/C12H15NO2/c1-9(2)8-13-11-7-5-4-6-10(11)12(14)15-3/h4-7,13H,1,8H2,2-3H3. The van der Waals surface area contributed by atoms with Crippen LogP contribution in [-0.2, 0) is 4.74 Å². The first-order valence-corrected chi connectivity index (χ1v) is 4.70. The maximum Gasteiger partial charge on any atom is 0.339 e. The minimum absolute atomic E-state index is 0.334. The van der Waals surface area contributed by atoms with Crippen LogP contribution < -0.4 is 5.32 Å². The third-order valence-electron chi connectivity index (χ3n) is 1.91. The zero-order valence-electron chi connectivity index (χ0n) is 9.04. The number of carbonyl (C=O) groups excluding carboxylic acids is 1. The number of carbonyl (C=O) groups is 1. The molecule has 1 N–H and O–H groups in total. The number of hydrogen-bond acceptors (Lipinski definition) is 3. The van der Waals surface area contributed by atoms with Crippen LogP contribution in [0, 0.1) is 0 Å². The van der Waals surface area contributed by atoms with Crippen molar-refractivity contribution in [3.8, 4) is 0 Å². The van der Waals surface area contributed by atoms with E-state index >= 15 is 0 Å². The molecule has 0 atom stereocenters. The second-order valence-corrected chi connectivity index (χ2v) is 3.35. The molecule has 0 aliphatic rings. The number of rotatable bonds is 4. The fourth-order valence-electron chi connectivity index (χ4n) is 1.17. The molecule has 0 saturated heterocycles. The van der Waals surface area contributed by atoms with Gasteiger partial charge < -0.3 is 10.1 Å². The molecule has 0 fully saturated rings. The summed E-state index contributed by atoms with van der Waals surface area (Å²) in [7, 11) is 1.37. The van der Waals surface area contributed by atoms with Crippen LogP contribution >= 0.6 is 0 Å². The summed E-state index contributed by atoms with van der Waals surface area (Å²) in [6, 6.07) is 7.24. The number of methoxy groups -OCH3 is 1. The third-order valence-corrected chi connectivity index (χ3v) is 1.91. The Kier molecular flexibility index (Phi) is 3.92. The van der Waals surface area contributed by atoms with E-state index in [0.29, 0.717) is 12.1 Å². The van der Waals surface area contributed by atoms with Gasteiger partial charge in [0.2, 0.25) is 0 Å². The van der Waals surface area contributed by atoms with E-state index in [-0.39, 0.29) is 5.97 Å². The summed E-state index contributed by atoms with van der Waals surface area (Å²) >= 11 is 0. The average Bonchev–Trinajstić information content (AvgIpc) is 2.25. The molecule has 15 heavy (non-hydrogen) atoms.